The van der Waals surface area contributed by atoms with Gasteiger partial charge < -0.3 is 10.1 Å². The van der Waals surface area contributed by atoms with Crippen LogP contribution in [0.4, 0.5) is 14.5 Å². The normalized spacial score (nSPS) is 10.4. The summed E-state index contributed by atoms with van der Waals surface area (Å²) in [6.45, 7) is 1.66. The summed E-state index contributed by atoms with van der Waals surface area (Å²) < 4.78 is 32.0. The Morgan fingerprint density at radius 1 is 1.24 bits per heavy atom. The number of aromatic nitrogens is 1. The summed E-state index contributed by atoms with van der Waals surface area (Å²) in [5, 5.41) is 2.34. The minimum atomic E-state index is -0.796. The fourth-order valence-electron chi connectivity index (χ4n) is 2.11. The lowest BCUT2D eigenvalue weighted by atomic mass is 10.1. The van der Waals surface area contributed by atoms with E-state index in [1.165, 1.54) is 18.5 Å². The Bertz CT molecular complexity index is 799. The van der Waals surface area contributed by atoms with Gasteiger partial charge in [-0.2, -0.15) is 0 Å². The molecule has 5 nitrogen and oxygen atoms in total. The van der Waals surface area contributed by atoms with Gasteiger partial charge in [0.2, 0.25) is 0 Å². The summed E-state index contributed by atoms with van der Waals surface area (Å²) in [5.41, 5.74) is 0.324. The monoisotopic (exact) mass is 368 g/mol. The number of halogens is 3. The Labute approximate surface area is 148 Å². The van der Waals surface area contributed by atoms with E-state index < -0.39 is 28.4 Å². The number of nitrogens with zero attached hydrogens (tertiary/aromatic N) is 1. The van der Waals surface area contributed by atoms with Crippen molar-refractivity contribution in [1.82, 2.24) is 4.98 Å². The molecule has 0 saturated carbocycles. The van der Waals surface area contributed by atoms with Crippen LogP contribution in [0.25, 0.3) is 0 Å². The van der Waals surface area contributed by atoms with Crippen LogP contribution in [0, 0.1) is 11.6 Å². The third-order valence-corrected chi connectivity index (χ3v) is 3.71. The van der Waals surface area contributed by atoms with Gasteiger partial charge in [0.05, 0.1) is 35.6 Å². The number of nitrogens with one attached hydrogen (secondary N) is 1. The highest BCUT2D eigenvalue weighted by molar-refractivity contribution is 6.31. The summed E-state index contributed by atoms with van der Waals surface area (Å²) in [7, 11) is 0. The molecule has 25 heavy (non-hydrogen) atoms. The van der Waals surface area contributed by atoms with Gasteiger partial charge >= 0.3 is 5.97 Å². The fraction of sp³-hybridized carbons (Fsp3) is 0.235. The van der Waals surface area contributed by atoms with E-state index in [-0.39, 0.29) is 30.7 Å². The molecule has 2 rings (SSSR count). The summed E-state index contributed by atoms with van der Waals surface area (Å²) in [6, 6.07) is 3.26. The van der Waals surface area contributed by atoms with Gasteiger partial charge in [-0.1, -0.05) is 11.6 Å². The maximum atomic E-state index is 13.7. The van der Waals surface area contributed by atoms with Crippen molar-refractivity contribution in [2.24, 2.45) is 0 Å². The molecule has 0 radical (unpaired) electrons. The lowest BCUT2D eigenvalue weighted by Gasteiger charge is -2.11. The molecule has 0 amide bonds. The van der Waals surface area contributed by atoms with Crippen molar-refractivity contribution < 1.29 is 23.1 Å². The molecule has 1 heterocycles. The summed E-state index contributed by atoms with van der Waals surface area (Å²) in [4.78, 5) is 27.8. The molecule has 1 N–H and O–H groups in total. The molecule has 0 aliphatic heterocycles. The highest BCUT2D eigenvalue weighted by Crippen LogP contribution is 2.23. The van der Waals surface area contributed by atoms with Crippen LogP contribution in [0.15, 0.2) is 30.6 Å². The van der Waals surface area contributed by atoms with Crippen LogP contribution >= 0.6 is 11.6 Å². The number of carbonyl (C=O) groups is 2. The lowest BCUT2D eigenvalue weighted by Crippen LogP contribution is -2.19. The van der Waals surface area contributed by atoms with E-state index in [4.69, 9.17) is 16.3 Å². The number of hydrogen-bond acceptors (Lipinski definition) is 5. The molecule has 0 unspecified atom stereocenters. The number of carbonyl (C=O) groups excluding carboxylic acids is 2. The van der Waals surface area contributed by atoms with Crippen LogP contribution in [-0.4, -0.2) is 29.9 Å². The van der Waals surface area contributed by atoms with Crippen LogP contribution in [0.5, 0.6) is 0 Å². The number of rotatable bonds is 7. The van der Waals surface area contributed by atoms with Crippen molar-refractivity contribution in [1.29, 1.82) is 0 Å². The maximum absolute atomic E-state index is 13.7. The molecule has 8 heteroatoms. The van der Waals surface area contributed by atoms with Crippen LogP contribution < -0.4 is 5.32 Å². The van der Waals surface area contributed by atoms with Gasteiger partial charge in [0.15, 0.2) is 5.78 Å². The van der Waals surface area contributed by atoms with E-state index in [9.17, 15) is 18.4 Å². The molecule has 0 aliphatic carbocycles. The van der Waals surface area contributed by atoms with Gasteiger partial charge in [-0.3, -0.25) is 9.78 Å². The summed E-state index contributed by atoms with van der Waals surface area (Å²) >= 11 is 5.70. The van der Waals surface area contributed by atoms with E-state index in [0.717, 1.165) is 12.1 Å². The standard InChI is InChI=1S/C17H15ClF2N2O3/c1-2-25-17(24)11-5-6-21-9-15(11)22-8-10(23)7-12-13(19)3-4-14(20)16(12)18/h3-6,9,22H,2,7-8H2,1H3. The van der Waals surface area contributed by atoms with Crippen molar-refractivity contribution in [2.75, 3.05) is 18.5 Å². The quantitative estimate of drug-likeness (QED) is 0.599. The first kappa shape index (κ1) is 18.8. The molecule has 0 aliphatic rings. The number of anilines is 1. The third-order valence-electron chi connectivity index (χ3n) is 3.31. The van der Waals surface area contributed by atoms with Crippen LogP contribution in [0.2, 0.25) is 5.02 Å². The number of ether oxygens (including phenoxy) is 1. The Morgan fingerprint density at radius 3 is 2.68 bits per heavy atom. The van der Waals surface area contributed by atoms with Crippen molar-refractivity contribution in [3.8, 4) is 0 Å². The van der Waals surface area contributed by atoms with Gasteiger partial charge in [-0.15, -0.1) is 0 Å². The second-order valence-corrected chi connectivity index (χ2v) is 5.41. The average molecular weight is 369 g/mol. The van der Waals surface area contributed by atoms with Crippen molar-refractivity contribution in [3.63, 3.8) is 0 Å². The SMILES string of the molecule is CCOC(=O)c1ccncc1NCC(=O)Cc1c(F)ccc(F)c1Cl. The van der Waals surface area contributed by atoms with Crippen molar-refractivity contribution in [3.05, 3.63) is 58.4 Å². The Hall–Kier alpha value is -2.54. The van der Waals surface area contributed by atoms with Crippen molar-refractivity contribution >= 4 is 29.0 Å². The zero-order chi connectivity index (χ0) is 18.4. The van der Waals surface area contributed by atoms with Gasteiger partial charge in [-0.05, 0) is 25.1 Å². The number of esters is 1. The minimum absolute atomic E-state index is 0.203. The van der Waals surface area contributed by atoms with Gasteiger partial charge in [-0.25, -0.2) is 13.6 Å². The Balaban J connectivity index is 2.07. The zero-order valence-corrected chi connectivity index (χ0v) is 14.1. The zero-order valence-electron chi connectivity index (χ0n) is 13.3. The molecule has 1 aromatic heterocycles. The highest BCUT2D eigenvalue weighted by Gasteiger charge is 2.17. The minimum Gasteiger partial charge on any atom is -0.462 e. The molecule has 1 aromatic carbocycles. The molecule has 2 aromatic rings. The van der Waals surface area contributed by atoms with Gasteiger partial charge in [0.25, 0.3) is 0 Å². The summed E-state index contributed by atoms with van der Waals surface area (Å²) in [5.74, 6) is -2.55. The predicted molar refractivity (Wildman–Crippen MR) is 88.8 cm³/mol. The van der Waals surface area contributed by atoms with E-state index in [2.05, 4.69) is 10.3 Å². The van der Waals surface area contributed by atoms with Gasteiger partial charge in [0, 0.05) is 18.2 Å². The Morgan fingerprint density at radius 2 is 1.96 bits per heavy atom. The Kier molecular flexibility index (Phi) is 6.41. The first-order valence-corrected chi connectivity index (χ1v) is 7.81. The fourth-order valence-corrected chi connectivity index (χ4v) is 2.33. The molecule has 0 fully saturated rings. The number of ketones is 1. The number of Topliss-reactive ketones (excluding diaryl/α,β-unsaturated/α-hetero) is 1. The third kappa shape index (κ3) is 4.73. The number of pyridine rings is 1. The highest BCUT2D eigenvalue weighted by atomic mass is 35.5. The second-order valence-electron chi connectivity index (χ2n) is 5.03. The molecule has 0 atom stereocenters. The van der Waals surface area contributed by atoms with Crippen LogP contribution in [0.3, 0.4) is 0 Å². The second kappa shape index (κ2) is 8.53. The molecule has 0 saturated heterocycles. The van der Waals surface area contributed by atoms with Crippen molar-refractivity contribution in [2.45, 2.75) is 13.3 Å². The number of hydrogen-bond donors (Lipinski definition) is 1. The average Bonchev–Trinajstić information content (AvgIpc) is 2.60. The number of benzene rings is 1. The predicted octanol–water partition coefficient (Wildman–Crippen LogP) is 3.41. The molecule has 132 valence electrons. The lowest BCUT2D eigenvalue weighted by molar-refractivity contribution is -0.116. The van der Waals surface area contributed by atoms with E-state index >= 15 is 0 Å². The molecule has 0 bridgehead atoms. The maximum Gasteiger partial charge on any atom is 0.340 e. The van der Waals surface area contributed by atoms with Crippen LogP contribution in [-0.2, 0) is 16.0 Å². The van der Waals surface area contributed by atoms with Gasteiger partial charge in [0.1, 0.15) is 11.6 Å². The van der Waals surface area contributed by atoms with Crippen LogP contribution in [0.1, 0.15) is 22.8 Å². The molecular formula is C17H15ClF2N2O3. The van der Waals surface area contributed by atoms with E-state index in [1.807, 2.05) is 0 Å². The van der Waals surface area contributed by atoms with E-state index in [1.54, 1.807) is 6.92 Å². The van der Waals surface area contributed by atoms with E-state index in [0.29, 0.717) is 5.69 Å². The smallest absolute Gasteiger partial charge is 0.340 e. The topological polar surface area (TPSA) is 68.3 Å². The molecular weight excluding hydrogens is 354 g/mol. The summed E-state index contributed by atoms with van der Waals surface area (Å²) in [6.07, 6.45) is 2.40. The molecule has 0 spiro atoms. The first-order chi connectivity index (χ1) is 11.9. The first-order valence-electron chi connectivity index (χ1n) is 7.43. The largest absolute Gasteiger partial charge is 0.462 e.